The molecule has 17 heavy (non-hydrogen) atoms. The molecule has 1 aromatic rings. The minimum atomic E-state index is -0.155. The SMILES string of the molecule is Cc1cc(=O)[nH]c(N/N=C2/CCC[C@@H](C)C2)n1. The van der Waals surface area contributed by atoms with Crippen LogP contribution in [0, 0.1) is 12.8 Å². The first-order valence-electron chi connectivity index (χ1n) is 6.03. The lowest BCUT2D eigenvalue weighted by atomic mass is 9.89. The van der Waals surface area contributed by atoms with Crippen molar-refractivity contribution in [3.63, 3.8) is 0 Å². The maximum Gasteiger partial charge on any atom is 0.252 e. The Bertz CT molecular complexity index is 478. The molecule has 0 saturated heterocycles. The van der Waals surface area contributed by atoms with Gasteiger partial charge in [-0.15, -0.1) is 0 Å². The summed E-state index contributed by atoms with van der Waals surface area (Å²) in [4.78, 5) is 18.0. The Morgan fingerprint density at radius 3 is 3.12 bits per heavy atom. The van der Waals surface area contributed by atoms with Gasteiger partial charge in [-0.05, 0) is 38.5 Å². The number of hydrogen-bond acceptors (Lipinski definition) is 4. The van der Waals surface area contributed by atoms with Gasteiger partial charge in [-0.1, -0.05) is 6.92 Å². The van der Waals surface area contributed by atoms with Crippen LogP contribution in [0.25, 0.3) is 0 Å². The summed E-state index contributed by atoms with van der Waals surface area (Å²) in [6.45, 7) is 4.03. The van der Waals surface area contributed by atoms with E-state index in [9.17, 15) is 4.79 Å². The van der Waals surface area contributed by atoms with E-state index in [1.165, 1.54) is 18.9 Å². The smallest absolute Gasteiger partial charge is 0.252 e. The van der Waals surface area contributed by atoms with Gasteiger partial charge < -0.3 is 0 Å². The van der Waals surface area contributed by atoms with Crippen LogP contribution in [0.4, 0.5) is 5.95 Å². The molecule has 1 heterocycles. The second kappa shape index (κ2) is 5.12. The maximum absolute atomic E-state index is 11.2. The fourth-order valence-electron chi connectivity index (χ4n) is 2.13. The van der Waals surface area contributed by atoms with Crippen molar-refractivity contribution in [2.75, 3.05) is 5.43 Å². The Morgan fingerprint density at radius 1 is 1.59 bits per heavy atom. The molecule has 1 aliphatic rings. The zero-order chi connectivity index (χ0) is 12.3. The predicted molar refractivity (Wildman–Crippen MR) is 68.3 cm³/mol. The van der Waals surface area contributed by atoms with Gasteiger partial charge in [0.1, 0.15) is 0 Å². The zero-order valence-corrected chi connectivity index (χ0v) is 10.3. The number of nitrogens with one attached hydrogen (secondary N) is 2. The molecule has 0 aromatic carbocycles. The highest BCUT2D eigenvalue weighted by molar-refractivity contribution is 5.85. The fourth-order valence-corrected chi connectivity index (χ4v) is 2.13. The Kier molecular flexibility index (Phi) is 3.56. The topological polar surface area (TPSA) is 70.1 Å². The number of rotatable bonds is 2. The lowest BCUT2D eigenvalue weighted by Crippen LogP contribution is -2.15. The first kappa shape index (κ1) is 11.8. The lowest BCUT2D eigenvalue weighted by Gasteiger charge is -2.18. The van der Waals surface area contributed by atoms with E-state index in [1.54, 1.807) is 6.92 Å². The predicted octanol–water partition coefficient (Wildman–Crippen LogP) is 2.06. The molecule has 1 saturated carbocycles. The van der Waals surface area contributed by atoms with Crippen molar-refractivity contribution < 1.29 is 0 Å². The molecule has 1 atom stereocenters. The number of aromatic nitrogens is 2. The molecule has 5 nitrogen and oxygen atoms in total. The molecule has 1 aromatic heterocycles. The maximum atomic E-state index is 11.2. The number of hydrazone groups is 1. The summed E-state index contributed by atoms with van der Waals surface area (Å²) in [5, 5.41) is 4.32. The van der Waals surface area contributed by atoms with Crippen LogP contribution in [0.2, 0.25) is 0 Å². The van der Waals surface area contributed by atoms with Crippen molar-refractivity contribution in [3.8, 4) is 0 Å². The molecular formula is C12H18N4O. The van der Waals surface area contributed by atoms with Crippen LogP contribution in [0.15, 0.2) is 16.0 Å². The molecule has 0 spiro atoms. The first-order valence-corrected chi connectivity index (χ1v) is 6.03. The van der Waals surface area contributed by atoms with Crippen molar-refractivity contribution in [1.82, 2.24) is 9.97 Å². The highest BCUT2D eigenvalue weighted by Crippen LogP contribution is 2.21. The normalized spacial score (nSPS) is 22.7. The molecule has 2 rings (SSSR count). The molecule has 0 bridgehead atoms. The van der Waals surface area contributed by atoms with Crippen LogP contribution in [-0.4, -0.2) is 15.7 Å². The second-order valence-corrected chi connectivity index (χ2v) is 4.73. The number of hydrogen-bond donors (Lipinski definition) is 2. The number of anilines is 1. The average Bonchev–Trinajstić information content (AvgIpc) is 2.25. The summed E-state index contributed by atoms with van der Waals surface area (Å²) >= 11 is 0. The minimum Gasteiger partial charge on any atom is -0.291 e. The summed E-state index contributed by atoms with van der Waals surface area (Å²) in [7, 11) is 0. The van der Waals surface area contributed by atoms with Crippen molar-refractivity contribution in [3.05, 3.63) is 22.1 Å². The molecule has 2 N–H and O–H groups in total. The van der Waals surface area contributed by atoms with Crippen molar-refractivity contribution in [2.24, 2.45) is 11.0 Å². The molecule has 0 unspecified atom stereocenters. The molecule has 5 heteroatoms. The van der Waals surface area contributed by atoms with Gasteiger partial charge in [0.25, 0.3) is 5.56 Å². The number of H-pyrrole nitrogens is 1. The van der Waals surface area contributed by atoms with Gasteiger partial charge in [0.2, 0.25) is 5.95 Å². The highest BCUT2D eigenvalue weighted by Gasteiger charge is 2.13. The van der Waals surface area contributed by atoms with Gasteiger partial charge in [0.05, 0.1) is 0 Å². The fraction of sp³-hybridized carbons (Fsp3) is 0.583. The minimum absolute atomic E-state index is 0.155. The van der Waals surface area contributed by atoms with Crippen LogP contribution in [0.1, 0.15) is 38.3 Å². The van der Waals surface area contributed by atoms with E-state index in [4.69, 9.17) is 0 Å². The average molecular weight is 234 g/mol. The Balaban J connectivity index is 2.05. The van der Waals surface area contributed by atoms with Gasteiger partial charge >= 0.3 is 0 Å². The monoisotopic (exact) mass is 234 g/mol. The molecule has 1 aliphatic carbocycles. The lowest BCUT2D eigenvalue weighted by molar-refractivity contribution is 0.500. The first-order chi connectivity index (χ1) is 8.13. The van der Waals surface area contributed by atoms with Gasteiger partial charge in [-0.3, -0.25) is 9.78 Å². The molecule has 0 aliphatic heterocycles. The van der Waals surface area contributed by atoms with Crippen molar-refractivity contribution in [2.45, 2.75) is 39.5 Å². The molecule has 1 fully saturated rings. The van der Waals surface area contributed by atoms with Crippen LogP contribution in [-0.2, 0) is 0 Å². The summed E-state index contributed by atoms with van der Waals surface area (Å²) in [6.07, 6.45) is 4.54. The third-order valence-corrected chi connectivity index (χ3v) is 2.94. The van der Waals surface area contributed by atoms with E-state index >= 15 is 0 Å². The quantitative estimate of drug-likeness (QED) is 0.769. The summed E-state index contributed by atoms with van der Waals surface area (Å²) < 4.78 is 0. The Hall–Kier alpha value is -1.65. The molecule has 92 valence electrons. The highest BCUT2D eigenvalue weighted by atomic mass is 16.1. The van der Waals surface area contributed by atoms with Crippen LogP contribution < -0.4 is 11.0 Å². The van der Waals surface area contributed by atoms with Crippen LogP contribution in [0.3, 0.4) is 0 Å². The Morgan fingerprint density at radius 2 is 2.41 bits per heavy atom. The van der Waals surface area contributed by atoms with Crippen LogP contribution in [0.5, 0.6) is 0 Å². The number of aryl methyl sites for hydroxylation is 1. The van der Waals surface area contributed by atoms with E-state index in [0.29, 0.717) is 17.6 Å². The third-order valence-electron chi connectivity index (χ3n) is 2.94. The third kappa shape index (κ3) is 3.41. The molecule has 0 amide bonds. The van der Waals surface area contributed by atoms with E-state index in [2.05, 4.69) is 27.4 Å². The van der Waals surface area contributed by atoms with Gasteiger partial charge in [-0.25, -0.2) is 10.4 Å². The van der Waals surface area contributed by atoms with E-state index in [0.717, 1.165) is 18.6 Å². The van der Waals surface area contributed by atoms with Crippen LogP contribution >= 0.6 is 0 Å². The number of aromatic amines is 1. The second-order valence-electron chi connectivity index (χ2n) is 4.73. The van der Waals surface area contributed by atoms with Gasteiger partial charge in [0.15, 0.2) is 0 Å². The van der Waals surface area contributed by atoms with E-state index in [-0.39, 0.29) is 5.56 Å². The Labute approximate surface area is 100 Å². The van der Waals surface area contributed by atoms with Crippen molar-refractivity contribution >= 4 is 11.7 Å². The summed E-state index contributed by atoms with van der Waals surface area (Å²) in [6, 6.07) is 1.46. The largest absolute Gasteiger partial charge is 0.291 e. The van der Waals surface area contributed by atoms with Crippen molar-refractivity contribution in [1.29, 1.82) is 0 Å². The standard InChI is InChI=1S/C12H18N4O/c1-8-4-3-5-10(6-8)15-16-12-13-9(2)7-11(17)14-12/h7-8H,3-6H2,1-2H3,(H2,13,14,16,17)/b15-10-/t8-/m1/s1. The summed E-state index contributed by atoms with van der Waals surface area (Å²) in [5.74, 6) is 1.12. The zero-order valence-electron chi connectivity index (χ0n) is 10.3. The molecule has 0 radical (unpaired) electrons. The number of nitrogens with zero attached hydrogens (tertiary/aromatic N) is 2. The van der Waals surface area contributed by atoms with Gasteiger partial charge in [0, 0.05) is 17.5 Å². The molecular weight excluding hydrogens is 216 g/mol. The van der Waals surface area contributed by atoms with E-state index < -0.39 is 0 Å². The summed E-state index contributed by atoms with van der Waals surface area (Å²) in [5.41, 5.74) is 4.53. The van der Waals surface area contributed by atoms with E-state index in [1.807, 2.05) is 0 Å². The van der Waals surface area contributed by atoms with Gasteiger partial charge in [-0.2, -0.15) is 5.10 Å².